The Labute approximate surface area is 185 Å². The number of amides is 2. The molecule has 0 aliphatic rings. The first kappa shape index (κ1) is 22.0. The van der Waals surface area contributed by atoms with Crippen molar-refractivity contribution in [1.29, 1.82) is 0 Å². The summed E-state index contributed by atoms with van der Waals surface area (Å²) in [6.45, 7) is 4.16. The summed E-state index contributed by atoms with van der Waals surface area (Å²) in [5, 5.41) is 8.45. The van der Waals surface area contributed by atoms with Crippen LogP contribution in [0, 0.1) is 0 Å². The van der Waals surface area contributed by atoms with Crippen LogP contribution in [-0.2, 0) is 6.54 Å². The molecule has 0 saturated heterocycles. The van der Waals surface area contributed by atoms with E-state index in [0.717, 1.165) is 0 Å². The topological polar surface area (TPSA) is 92.6 Å². The summed E-state index contributed by atoms with van der Waals surface area (Å²) in [4.78, 5) is 24.7. The highest BCUT2D eigenvalue weighted by Crippen LogP contribution is 2.14. The molecule has 160 valence electrons. The van der Waals surface area contributed by atoms with Crippen molar-refractivity contribution in [2.45, 2.75) is 26.5 Å². The Kier molecular flexibility index (Phi) is 7.40. The number of furan rings is 1. The fourth-order valence-electron chi connectivity index (χ4n) is 2.72. The fourth-order valence-corrected chi connectivity index (χ4v) is 2.93. The molecular weight excluding hydrogens is 414 g/mol. The molecule has 7 nitrogen and oxygen atoms in total. The summed E-state index contributed by atoms with van der Waals surface area (Å²) >= 11 is 5.23. The Hall–Kier alpha value is -3.65. The van der Waals surface area contributed by atoms with Gasteiger partial charge in [-0.2, -0.15) is 0 Å². The van der Waals surface area contributed by atoms with E-state index in [1.807, 2.05) is 13.8 Å². The zero-order valence-corrected chi connectivity index (χ0v) is 18.0. The van der Waals surface area contributed by atoms with Crippen LogP contribution in [0.2, 0.25) is 0 Å². The third-order valence-electron chi connectivity index (χ3n) is 4.10. The Balaban J connectivity index is 1.54. The Morgan fingerprint density at radius 1 is 1.00 bits per heavy atom. The average molecular weight is 438 g/mol. The maximum absolute atomic E-state index is 12.4. The van der Waals surface area contributed by atoms with Crippen molar-refractivity contribution in [1.82, 2.24) is 10.6 Å². The summed E-state index contributed by atoms with van der Waals surface area (Å²) in [5.41, 5.74) is 1.48. The Bertz CT molecular complexity index is 1050. The van der Waals surface area contributed by atoms with Crippen molar-refractivity contribution in [2.75, 3.05) is 5.32 Å². The van der Waals surface area contributed by atoms with E-state index in [4.69, 9.17) is 21.4 Å². The van der Waals surface area contributed by atoms with Crippen LogP contribution in [0.3, 0.4) is 0 Å². The maximum Gasteiger partial charge on any atom is 0.257 e. The van der Waals surface area contributed by atoms with Crippen LogP contribution in [-0.4, -0.2) is 23.0 Å². The predicted molar refractivity (Wildman–Crippen MR) is 122 cm³/mol. The molecule has 0 atom stereocenters. The van der Waals surface area contributed by atoms with Gasteiger partial charge in [0.15, 0.2) is 5.11 Å². The van der Waals surface area contributed by atoms with Crippen molar-refractivity contribution >= 4 is 34.8 Å². The van der Waals surface area contributed by atoms with Gasteiger partial charge in [-0.15, -0.1) is 0 Å². The number of hydrogen-bond donors (Lipinski definition) is 3. The normalized spacial score (nSPS) is 10.4. The van der Waals surface area contributed by atoms with E-state index in [1.165, 1.54) is 0 Å². The van der Waals surface area contributed by atoms with Crippen molar-refractivity contribution in [2.24, 2.45) is 0 Å². The fraction of sp³-hybridized carbons (Fsp3) is 0.174. The van der Waals surface area contributed by atoms with E-state index in [0.29, 0.717) is 34.9 Å². The number of ether oxygens (including phenoxy) is 1. The lowest BCUT2D eigenvalue weighted by atomic mass is 10.2. The lowest BCUT2D eigenvalue weighted by Crippen LogP contribution is -2.34. The van der Waals surface area contributed by atoms with E-state index in [-0.39, 0.29) is 23.0 Å². The largest absolute Gasteiger partial charge is 0.491 e. The predicted octanol–water partition coefficient (Wildman–Crippen LogP) is 4.12. The SMILES string of the molecule is CC(C)Oc1ccc(C(=O)NC(=S)Nc2cccc(C(=O)NCc3ccco3)c2)cc1. The number of benzene rings is 2. The third kappa shape index (κ3) is 6.68. The number of anilines is 1. The first-order chi connectivity index (χ1) is 14.9. The van der Waals surface area contributed by atoms with Gasteiger partial charge in [0.05, 0.1) is 18.9 Å². The van der Waals surface area contributed by atoms with Crippen LogP contribution in [0.5, 0.6) is 5.75 Å². The molecule has 0 bridgehead atoms. The van der Waals surface area contributed by atoms with Gasteiger partial charge in [-0.05, 0) is 80.7 Å². The summed E-state index contributed by atoms with van der Waals surface area (Å²) in [5.74, 6) is 0.754. The van der Waals surface area contributed by atoms with Crippen molar-refractivity contribution in [3.05, 3.63) is 83.8 Å². The Morgan fingerprint density at radius 2 is 1.77 bits per heavy atom. The lowest BCUT2D eigenvalue weighted by Gasteiger charge is -2.12. The van der Waals surface area contributed by atoms with Gasteiger partial charge in [-0.3, -0.25) is 14.9 Å². The van der Waals surface area contributed by atoms with Gasteiger partial charge in [0.1, 0.15) is 11.5 Å². The summed E-state index contributed by atoms with van der Waals surface area (Å²) in [6, 6.07) is 17.1. The third-order valence-corrected chi connectivity index (χ3v) is 4.31. The van der Waals surface area contributed by atoms with Crippen LogP contribution in [0.4, 0.5) is 5.69 Å². The lowest BCUT2D eigenvalue weighted by molar-refractivity contribution is 0.0946. The van der Waals surface area contributed by atoms with Crippen LogP contribution in [0.1, 0.15) is 40.3 Å². The maximum atomic E-state index is 12.4. The molecular formula is C23H23N3O4S. The molecule has 0 unspecified atom stereocenters. The minimum atomic E-state index is -0.346. The first-order valence-electron chi connectivity index (χ1n) is 9.70. The van der Waals surface area contributed by atoms with Crippen molar-refractivity contribution in [3.8, 4) is 5.75 Å². The monoisotopic (exact) mass is 437 g/mol. The molecule has 8 heteroatoms. The molecule has 2 amide bonds. The molecule has 3 N–H and O–H groups in total. The number of rotatable bonds is 7. The molecule has 31 heavy (non-hydrogen) atoms. The van der Waals surface area contributed by atoms with E-state index < -0.39 is 0 Å². The second-order valence-electron chi connectivity index (χ2n) is 6.94. The number of carbonyl (C=O) groups excluding carboxylic acids is 2. The number of nitrogens with one attached hydrogen (secondary N) is 3. The van der Waals surface area contributed by atoms with Gasteiger partial charge in [-0.1, -0.05) is 6.07 Å². The zero-order chi connectivity index (χ0) is 22.2. The molecule has 0 aliphatic carbocycles. The van der Waals surface area contributed by atoms with Crippen molar-refractivity contribution in [3.63, 3.8) is 0 Å². The molecule has 3 aromatic rings. The second-order valence-corrected chi connectivity index (χ2v) is 7.35. The van der Waals surface area contributed by atoms with Gasteiger partial charge < -0.3 is 19.8 Å². The minimum Gasteiger partial charge on any atom is -0.491 e. The highest BCUT2D eigenvalue weighted by atomic mass is 32.1. The highest BCUT2D eigenvalue weighted by molar-refractivity contribution is 7.80. The second kappa shape index (κ2) is 10.4. The van der Waals surface area contributed by atoms with E-state index in [1.54, 1.807) is 66.9 Å². The van der Waals surface area contributed by atoms with E-state index in [2.05, 4.69) is 16.0 Å². The van der Waals surface area contributed by atoms with E-state index in [9.17, 15) is 9.59 Å². The van der Waals surface area contributed by atoms with E-state index >= 15 is 0 Å². The molecule has 0 radical (unpaired) electrons. The first-order valence-corrected chi connectivity index (χ1v) is 10.1. The number of hydrogen-bond acceptors (Lipinski definition) is 5. The summed E-state index contributed by atoms with van der Waals surface area (Å²) in [6.07, 6.45) is 1.61. The number of carbonyl (C=O) groups is 2. The molecule has 0 aliphatic heterocycles. The summed E-state index contributed by atoms with van der Waals surface area (Å²) < 4.78 is 10.8. The molecule has 3 rings (SSSR count). The zero-order valence-electron chi connectivity index (χ0n) is 17.2. The molecule has 0 saturated carbocycles. The molecule has 1 heterocycles. The summed E-state index contributed by atoms with van der Waals surface area (Å²) in [7, 11) is 0. The molecule has 2 aromatic carbocycles. The Morgan fingerprint density at radius 3 is 2.45 bits per heavy atom. The minimum absolute atomic E-state index is 0.0550. The van der Waals surface area contributed by atoms with Gasteiger partial charge in [-0.25, -0.2) is 0 Å². The van der Waals surface area contributed by atoms with Gasteiger partial charge in [0.25, 0.3) is 11.8 Å². The van der Waals surface area contributed by atoms with Crippen LogP contribution < -0.4 is 20.7 Å². The number of thiocarbonyl (C=S) groups is 1. The van der Waals surface area contributed by atoms with Crippen LogP contribution in [0.25, 0.3) is 0 Å². The molecule has 1 aromatic heterocycles. The molecule has 0 fully saturated rings. The quantitative estimate of drug-likeness (QED) is 0.482. The molecule has 0 spiro atoms. The van der Waals surface area contributed by atoms with Gasteiger partial charge >= 0.3 is 0 Å². The smallest absolute Gasteiger partial charge is 0.257 e. The van der Waals surface area contributed by atoms with Crippen LogP contribution in [0.15, 0.2) is 71.3 Å². The average Bonchev–Trinajstić information content (AvgIpc) is 3.26. The van der Waals surface area contributed by atoms with Crippen molar-refractivity contribution < 1.29 is 18.7 Å². The highest BCUT2D eigenvalue weighted by Gasteiger charge is 2.11. The van der Waals surface area contributed by atoms with Gasteiger partial charge in [0, 0.05) is 16.8 Å². The standard InChI is InChI=1S/C23H23N3O4S/c1-15(2)30-19-10-8-16(9-11-19)22(28)26-23(31)25-18-6-3-5-17(13-18)21(27)24-14-20-7-4-12-29-20/h3-13,15H,14H2,1-2H3,(H,24,27)(H2,25,26,28,31). The van der Waals surface area contributed by atoms with Crippen LogP contribution >= 0.6 is 12.2 Å². The van der Waals surface area contributed by atoms with Gasteiger partial charge in [0.2, 0.25) is 0 Å².